The smallest absolute Gasteiger partial charge is 0.269 e. The van der Waals surface area contributed by atoms with Crippen molar-refractivity contribution in [3.05, 3.63) is 63.7 Å². The first-order valence-electron chi connectivity index (χ1n) is 7.58. The fourth-order valence-corrected chi connectivity index (χ4v) is 2.03. The van der Waals surface area contributed by atoms with Crippen LogP contribution in [-0.2, 0) is 6.61 Å². The second-order valence-electron chi connectivity index (χ2n) is 5.07. The first kappa shape index (κ1) is 19.1. The molecule has 136 valence electrons. The van der Waals surface area contributed by atoms with Crippen LogP contribution in [0.2, 0.25) is 0 Å². The molecule has 0 spiro atoms. The average Bonchev–Trinajstić information content (AvgIpc) is 2.66. The molecule has 0 fully saturated rings. The minimum Gasteiger partial charge on any atom is -0.493 e. The number of hydrogen-bond acceptors (Lipinski definition) is 6. The molecular formula is C17H18N4O4S. The van der Waals surface area contributed by atoms with Gasteiger partial charge in [0.1, 0.15) is 6.61 Å². The molecule has 0 bridgehead atoms. The maximum absolute atomic E-state index is 10.7. The van der Waals surface area contributed by atoms with E-state index in [9.17, 15) is 10.1 Å². The highest BCUT2D eigenvalue weighted by atomic mass is 32.1. The Kier molecular flexibility index (Phi) is 6.86. The molecule has 0 aliphatic carbocycles. The van der Waals surface area contributed by atoms with Crippen molar-refractivity contribution in [2.75, 3.05) is 14.2 Å². The van der Waals surface area contributed by atoms with Crippen molar-refractivity contribution in [1.82, 2.24) is 10.7 Å². The number of rotatable bonds is 7. The minimum atomic E-state index is -0.438. The summed E-state index contributed by atoms with van der Waals surface area (Å²) < 4.78 is 11.1. The molecule has 0 aliphatic heterocycles. The molecule has 8 nitrogen and oxygen atoms in total. The van der Waals surface area contributed by atoms with Crippen LogP contribution in [0.1, 0.15) is 11.1 Å². The van der Waals surface area contributed by atoms with Gasteiger partial charge in [-0.3, -0.25) is 15.5 Å². The predicted molar refractivity (Wildman–Crippen MR) is 103 cm³/mol. The SMILES string of the molecule is CNC(=S)N/N=C/c1ccc(OCc2ccc([N+](=O)[O-])cc2)c(OC)c1. The summed E-state index contributed by atoms with van der Waals surface area (Å²) in [4.78, 5) is 10.2. The van der Waals surface area contributed by atoms with E-state index in [-0.39, 0.29) is 12.3 Å². The van der Waals surface area contributed by atoms with Crippen molar-refractivity contribution in [2.45, 2.75) is 6.61 Å². The first-order chi connectivity index (χ1) is 12.5. The third-order valence-corrected chi connectivity index (χ3v) is 3.63. The van der Waals surface area contributed by atoms with Crippen molar-refractivity contribution in [3.63, 3.8) is 0 Å². The molecule has 0 saturated carbocycles. The molecule has 2 N–H and O–H groups in total. The van der Waals surface area contributed by atoms with Crippen molar-refractivity contribution in [1.29, 1.82) is 0 Å². The molecule has 9 heteroatoms. The number of non-ortho nitro benzene ring substituents is 1. The van der Waals surface area contributed by atoms with Gasteiger partial charge < -0.3 is 14.8 Å². The van der Waals surface area contributed by atoms with Gasteiger partial charge >= 0.3 is 0 Å². The van der Waals surface area contributed by atoms with E-state index >= 15 is 0 Å². The van der Waals surface area contributed by atoms with Crippen molar-refractivity contribution in [2.24, 2.45) is 5.10 Å². The zero-order valence-corrected chi connectivity index (χ0v) is 15.1. The molecule has 0 radical (unpaired) electrons. The Balaban J connectivity index is 2.02. The molecule has 26 heavy (non-hydrogen) atoms. The van der Waals surface area contributed by atoms with Crippen LogP contribution < -0.4 is 20.2 Å². The van der Waals surface area contributed by atoms with E-state index in [0.29, 0.717) is 16.6 Å². The highest BCUT2D eigenvalue weighted by Gasteiger charge is 2.07. The zero-order valence-electron chi connectivity index (χ0n) is 14.3. The van der Waals surface area contributed by atoms with Crippen molar-refractivity contribution in [3.8, 4) is 11.5 Å². The van der Waals surface area contributed by atoms with Gasteiger partial charge in [0.25, 0.3) is 5.69 Å². The molecule has 0 unspecified atom stereocenters. The van der Waals surface area contributed by atoms with Gasteiger partial charge in [-0.25, -0.2) is 0 Å². The van der Waals surface area contributed by atoms with Crippen LogP contribution in [0.15, 0.2) is 47.6 Å². The number of nitrogens with one attached hydrogen (secondary N) is 2. The third kappa shape index (κ3) is 5.42. The van der Waals surface area contributed by atoms with Gasteiger partial charge in [0.05, 0.1) is 18.2 Å². The van der Waals surface area contributed by atoms with E-state index in [4.69, 9.17) is 21.7 Å². The number of nitro benzene ring substituents is 1. The number of hydrazone groups is 1. The summed E-state index contributed by atoms with van der Waals surface area (Å²) >= 11 is 4.93. The Bertz CT molecular complexity index is 809. The Morgan fingerprint density at radius 1 is 1.27 bits per heavy atom. The van der Waals surface area contributed by atoms with Crippen LogP contribution in [0, 0.1) is 10.1 Å². The lowest BCUT2D eigenvalue weighted by molar-refractivity contribution is -0.384. The number of methoxy groups -OCH3 is 1. The standard InChI is InChI=1S/C17H18N4O4S/c1-18-17(26)20-19-10-13-5-8-15(16(9-13)24-2)25-11-12-3-6-14(7-4-12)21(22)23/h3-10H,11H2,1-2H3,(H2,18,20,26)/b19-10+. The molecule has 2 aromatic carbocycles. The summed E-state index contributed by atoms with van der Waals surface area (Å²) in [5.41, 5.74) is 4.32. The summed E-state index contributed by atoms with van der Waals surface area (Å²) in [7, 11) is 3.24. The molecule has 0 heterocycles. The summed E-state index contributed by atoms with van der Waals surface area (Å²) in [6.45, 7) is 0.264. The number of thiocarbonyl (C=S) groups is 1. The molecule has 0 saturated heterocycles. The Labute approximate surface area is 156 Å². The van der Waals surface area contributed by atoms with E-state index in [1.54, 1.807) is 44.6 Å². The zero-order chi connectivity index (χ0) is 18.9. The highest BCUT2D eigenvalue weighted by molar-refractivity contribution is 7.80. The quantitative estimate of drug-likeness (QED) is 0.333. The van der Waals surface area contributed by atoms with Crippen molar-refractivity contribution >= 4 is 29.2 Å². The van der Waals surface area contributed by atoms with Crippen LogP contribution >= 0.6 is 12.2 Å². The maximum Gasteiger partial charge on any atom is 0.269 e. The van der Waals surface area contributed by atoms with E-state index in [1.165, 1.54) is 12.1 Å². The van der Waals surface area contributed by atoms with Crippen LogP contribution in [0.25, 0.3) is 0 Å². The Morgan fingerprint density at radius 3 is 2.62 bits per heavy atom. The summed E-state index contributed by atoms with van der Waals surface area (Å²) in [5, 5.41) is 17.8. The number of hydrogen-bond donors (Lipinski definition) is 2. The maximum atomic E-state index is 10.7. The number of ether oxygens (including phenoxy) is 2. The molecule has 0 aliphatic rings. The largest absolute Gasteiger partial charge is 0.493 e. The lowest BCUT2D eigenvalue weighted by Gasteiger charge is -2.11. The second kappa shape index (κ2) is 9.33. The van der Waals surface area contributed by atoms with Gasteiger partial charge in [-0.2, -0.15) is 5.10 Å². The third-order valence-electron chi connectivity index (χ3n) is 3.34. The molecule has 0 atom stereocenters. The normalized spacial score (nSPS) is 10.4. The van der Waals surface area contributed by atoms with E-state index in [2.05, 4.69) is 15.8 Å². The molecular weight excluding hydrogens is 356 g/mol. The second-order valence-corrected chi connectivity index (χ2v) is 5.48. The van der Waals surface area contributed by atoms with Gasteiger partial charge in [0, 0.05) is 19.2 Å². The van der Waals surface area contributed by atoms with Crippen LogP contribution in [0.5, 0.6) is 11.5 Å². The van der Waals surface area contributed by atoms with Crippen LogP contribution in [0.4, 0.5) is 5.69 Å². The van der Waals surface area contributed by atoms with Gasteiger partial charge in [-0.05, 0) is 53.7 Å². The van der Waals surface area contributed by atoms with Gasteiger partial charge in [0.15, 0.2) is 16.6 Å². The molecule has 2 rings (SSSR count). The molecule has 0 amide bonds. The number of nitro groups is 1. The lowest BCUT2D eigenvalue weighted by Crippen LogP contribution is -2.28. The van der Waals surface area contributed by atoms with Gasteiger partial charge in [-0.15, -0.1) is 0 Å². The summed E-state index contributed by atoms with van der Waals surface area (Å²) in [6, 6.07) is 11.6. The van der Waals surface area contributed by atoms with E-state index in [1.807, 2.05) is 6.07 Å². The topological polar surface area (TPSA) is 98.0 Å². The molecule has 0 aromatic heterocycles. The first-order valence-corrected chi connectivity index (χ1v) is 7.99. The van der Waals surface area contributed by atoms with Crippen LogP contribution in [-0.4, -0.2) is 30.4 Å². The Morgan fingerprint density at radius 2 is 2.00 bits per heavy atom. The predicted octanol–water partition coefficient (Wildman–Crippen LogP) is 2.61. The Hall–Kier alpha value is -3.20. The minimum absolute atomic E-state index is 0.0429. The summed E-state index contributed by atoms with van der Waals surface area (Å²) in [6.07, 6.45) is 1.60. The van der Waals surface area contributed by atoms with Crippen molar-refractivity contribution < 1.29 is 14.4 Å². The number of benzene rings is 2. The summed E-state index contributed by atoms with van der Waals surface area (Å²) in [5.74, 6) is 1.11. The van der Waals surface area contributed by atoms with E-state index < -0.39 is 4.92 Å². The fourth-order valence-electron chi connectivity index (χ4n) is 1.98. The number of nitrogens with zero attached hydrogens (tertiary/aromatic N) is 2. The average molecular weight is 374 g/mol. The lowest BCUT2D eigenvalue weighted by atomic mass is 10.2. The van der Waals surface area contributed by atoms with E-state index in [0.717, 1.165) is 11.1 Å². The van der Waals surface area contributed by atoms with Gasteiger partial charge in [0.2, 0.25) is 0 Å². The monoisotopic (exact) mass is 374 g/mol. The van der Waals surface area contributed by atoms with Crippen LogP contribution in [0.3, 0.4) is 0 Å². The fraction of sp³-hybridized carbons (Fsp3) is 0.176. The van der Waals surface area contributed by atoms with Gasteiger partial charge in [-0.1, -0.05) is 0 Å². The molecule has 2 aromatic rings. The highest BCUT2D eigenvalue weighted by Crippen LogP contribution is 2.28.